The Morgan fingerprint density at radius 3 is 2.32 bits per heavy atom. The monoisotopic (exact) mass is 271 g/mol. The smallest absolute Gasteiger partial charge is 0.408 e. The normalized spacial score (nSPS) is 40.3. The van der Waals surface area contributed by atoms with Crippen molar-refractivity contribution < 1.29 is 19.7 Å². The molecule has 1 amide bonds. The average Bonchev–Trinajstić information content (AvgIpc) is 2.51. The molecule has 2 bridgehead atoms. The van der Waals surface area contributed by atoms with E-state index in [0.29, 0.717) is 6.42 Å². The van der Waals surface area contributed by atoms with Crippen LogP contribution >= 0.6 is 0 Å². The molecular weight excluding hydrogens is 246 g/mol. The maximum atomic E-state index is 12.0. The van der Waals surface area contributed by atoms with Crippen molar-refractivity contribution in [1.29, 1.82) is 0 Å². The van der Waals surface area contributed by atoms with Crippen molar-refractivity contribution in [3.05, 3.63) is 0 Å². The Hall–Kier alpha value is -0.810. The lowest BCUT2D eigenvalue weighted by molar-refractivity contribution is -0.0392. The standard InChI is InChI=1S/C14H25NO4/c1-12(2,3)19-11(18)15-14-7-6-8(13(14,4)5)9(16)10(14)17/h8-10,16-17H,6-7H2,1-5H3,(H,15,18)/t8-,9-,10-,14-/m0/s1. The van der Waals surface area contributed by atoms with Gasteiger partial charge in [0.05, 0.1) is 11.6 Å². The number of aliphatic hydroxyl groups is 2. The summed E-state index contributed by atoms with van der Waals surface area (Å²) in [5.41, 5.74) is -1.72. The van der Waals surface area contributed by atoms with Gasteiger partial charge in [-0.3, -0.25) is 0 Å². The molecule has 0 unspecified atom stereocenters. The quantitative estimate of drug-likeness (QED) is 0.674. The number of carbonyl (C=O) groups is 1. The Bertz CT molecular complexity index is 387. The zero-order valence-electron chi connectivity index (χ0n) is 12.4. The van der Waals surface area contributed by atoms with Crippen LogP contribution in [0.3, 0.4) is 0 Å². The molecule has 2 rings (SSSR count). The third kappa shape index (κ3) is 2.03. The Morgan fingerprint density at radius 1 is 1.32 bits per heavy atom. The zero-order valence-corrected chi connectivity index (χ0v) is 12.4. The van der Waals surface area contributed by atoms with Crippen molar-refractivity contribution in [3.8, 4) is 0 Å². The molecule has 5 nitrogen and oxygen atoms in total. The summed E-state index contributed by atoms with van der Waals surface area (Å²) in [4.78, 5) is 12.0. The van der Waals surface area contributed by atoms with Gasteiger partial charge in [0.2, 0.25) is 0 Å². The molecule has 2 aliphatic carbocycles. The summed E-state index contributed by atoms with van der Waals surface area (Å²) in [6.45, 7) is 9.37. The van der Waals surface area contributed by atoms with E-state index in [2.05, 4.69) is 5.32 Å². The molecule has 110 valence electrons. The summed E-state index contributed by atoms with van der Waals surface area (Å²) in [5.74, 6) is 0.0115. The van der Waals surface area contributed by atoms with Gasteiger partial charge in [-0.2, -0.15) is 0 Å². The lowest BCUT2D eigenvalue weighted by atomic mass is 9.75. The van der Waals surface area contributed by atoms with Gasteiger partial charge >= 0.3 is 6.09 Å². The van der Waals surface area contributed by atoms with E-state index in [4.69, 9.17) is 4.74 Å². The van der Waals surface area contributed by atoms with Gasteiger partial charge in [0.25, 0.3) is 0 Å². The number of hydrogen-bond acceptors (Lipinski definition) is 4. The van der Waals surface area contributed by atoms with Gasteiger partial charge in [-0.1, -0.05) is 13.8 Å². The van der Waals surface area contributed by atoms with Crippen molar-refractivity contribution in [1.82, 2.24) is 5.32 Å². The zero-order chi connectivity index (χ0) is 14.6. The van der Waals surface area contributed by atoms with Crippen LogP contribution < -0.4 is 5.32 Å². The van der Waals surface area contributed by atoms with Crippen molar-refractivity contribution in [2.24, 2.45) is 11.3 Å². The number of carbonyl (C=O) groups excluding carboxylic acids is 1. The second kappa shape index (κ2) is 4.09. The number of fused-ring (bicyclic) bond motifs is 2. The molecule has 0 heterocycles. The summed E-state index contributed by atoms with van der Waals surface area (Å²) in [7, 11) is 0. The summed E-state index contributed by atoms with van der Waals surface area (Å²) in [6, 6.07) is 0. The van der Waals surface area contributed by atoms with Gasteiger partial charge in [-0.15, -0.1) is 0 Å². The van der Waals surface area contributed by atoms with Crippen molar-refractivity contribution in [2.45, 2.75) is 70.8 Å². The maximum absolute atomic E-state index is 12.0. The highest BCUT2D eigenvalue weighted by Gasteiger charge is 2.69. The molecule has 5 heteroatoms. The van der Waals surface area contributed by atoms with Gasteiger partial charge in [0, 0.05) is 0 Å². The molecule has 0 aromatic rings. The summed E-state index contributed by atoms with van der Waals surface area (Å²) in [5, 5.41) is 23.2. The fourth-order valence-corrected chi connectivity index (χ4v) is 3.82. The Morgan fingerprint density at radius 2 is 1.89 bits per heavy atom. The predicted octanol–water partition coefficient (Wildman–Crippen LogP) is 1.42. The van der Waals surface area contributed by atoms with E-state index in [9.17, 15) is 15.0 Å². The second-order valence-corrected chi connectivity index (χ2v) is 7.40. The molecule has 19 heavy (non-hydrogen) atoms. The average molecular weight is 271 g/mol. The topological polar surface area (TPSA) is 78.8 Å². The Labute approximate surface area is 114 Å². The van der Waals surface area contributed by atoms with E-state index in [1.165, 1.54) is 0 Å². The van der Waals surface area contributed by atoms with E-state index >= 15 is 0 Å². The first kappa shape index (κ1) is 14.6. The SMILES string of the molecule is CC(C)(C)OC(=O)N[C@@]12CC[C@@H]([C@H](O)[C@@H]1O)C2(C)C. The van der Waals surface area contributed by atoms with Crippen LogP contribution in [-0.2, 0) is 4.74 Å². The number of nitrogens with one attached hydrogen (secondary N) is 1. The van der Waals surface area contributed by atoms with Gasteiger partial charge in [0.1, 0.15) is 11.7 Å². The number of hydrogen-bond donors (Lipinski definition) is 3. The van der Waals surface area contributed by atoms with Crippen LogP contribution in [0.25, 0.3) is 0 Å². The lowest BCUT2D eigenvalue weighted by Gasteiger charge is -2.41. The second-order valence-electron chi connectivity index (χ2n) is 7.40. The lowest BCUT2D eigenvalue weighted by Crippen LogP contribution is -2.61. The molecule has 2 saturated carbocycles. The molecule has 0 aliphatic heterocycles. The Balaban J connectivity index is 2.20. The highest BCUT2D eigenvalue weighted by Crippen LogP contribution is 2.60. The number of rotatable bonds is 1. The van der Waals surface area contributed by atoms with Crippen molar-refractivity contribution in [2.75, 3.05) is 0 Å². The molecular formula is C14H25NO4. The minimum Gasteiger partial charge on any atom is -0.444 e. The first-order valence-corrected chi connectivity index (χ1v) is 6.88. The van der Waals surface area contributed by atoms with Crippen LogP contribution in [0.5, 0.6) is 0 Å². The van der Waals surface area contributed by atoms with Crippen LogP contribution in [0.15, 0.2) is 0 Å². The summed E-state index contributed by atoms with van der Waals surface area (Å²) in [6.07, 6.45) is -0.773. The molecule has 0 aromatic heterocycles. The van der Waals surface area contributed by atoms with E-state index in [0.717, 1.165) is 6.42 Å². The van der Waals surface area contributed by atoms with Crippen LogP contribution in [0.1, 0.15) is 47.5 Å². The third-order valence-corrected chi connectivity index (χ3v) is 4.89. The molecule has 2 fully saturated rings. The van der Waals surface area contributed by atoms with Gasteiger partial charge in [0.15, 0.2) is 0 Å². The molecule has 3 N–H and O–H groups in total. The van der Waals surface area contributed by atoms with Gasteiger partial charge < -0.3 is 20.3 Å². The minimum absolute atomic E-state index is 0.0115. The van der Waals surface area contributed by atoms with Crippen molar-refractivity contribution in [3.63, 3.8) is 0 Å². The largest absolute Gasteiger partial charge is 0.444 e. The van der Waals surface area contributed by atoms with E-state index in [-0.39, 0.29) is 11.3 Å². The first-order valence-electron chi connectivity index (χ1n) is 6.88. The van der Waals surface area contributed by atoms with Gasteiger partial charge in [-0.25, -0.2) is 4.79 Å². The summed E-state index contributed by atoms with van der Waals surface area (Å²) < 4.78 is 5.28. The van der Waals surface area contributed by atoms with E-state index in [1.54, 1.807) is 20.8 Å². The Kier molecular flexibility index (Phi) is 3.14. The fraction of sp³-hybridized carbons (Fsp3) is 0.929. The molecule has 0 spiro atoms. The number of alkyl carbamates (subject to hydrolysis) is 1. The molecule has 0 radical (unpaired) electrons. The predicted molar refractivity (Wildman–Crippen MR) is 70.6 cm³/mol. The number of ether oxygens (including phenoxy) is 1. The van der Waals surface area contributed by atoms with E-state index in [1.807, 2.05) is 13.8 Å². The van der Waals surface area contributed by atoms with Crippen LogP contribution in [0.4, 0.5) is 4.79 Å². The van der Waals surface area contributed by atoms with Crippen LogP contribution in [0.2, 0.25) is 0 Å². The summed E-state index contributed by atoms with van der Waals surface area (Å²) >= 11 is 0. The molecule has 2 aliphatic rings. The van der Waals surface area contributed by atoms with Crippen LogP contribution in [-0.4, -0.2) is 39.7 Å². The molecule has 0 saturated heterocycles. The van der Waals surface area contributed by atoms with Crippen LogP contribution in [0, 0.1) is 11.3 Å². The minimum atomic E-state index is -0.936. The maximum Gasteiger partial charge on any atom is 0.408 e. The highest BCUT2D eigenvalue weighted by molar-refractivity contribution is 5.69. The highest BCUT2D eigenvalue weighted by atomic mass is 16.6. The molecule has 0 aromatic carbocycles. The number of amides is 1. The van der Waals surface area contributed by atoms with Crippen molar-refractivity contribution >= 4 is 6.09 Å². The molecule has 4 atom stereocenters. The first-order chi connectivity index (χ1) is 8.51. The number of aliphatic hydroxyl groups excluding tert-OH is 2. The fourth-order valence-electron chi connectivity index (χ4n) is 3.82. The van der Waals surface area contributed by atoms with E-state index < -0.39 is 29.4 Å². The van der Waals surface area contributed by atoms with Gasteiger partial charge in [-0.05, 0) is 44.9 Å². The third-order valence-electron chi connectivity index (χ3n) is 4.89.